The second-order valence-electron chi connectivity index (χ2n) is 3.87. The Kier molecular flexibility index (Phi) is 5.28. The van der Waals surface area contributed by atoms with Gasteiger partial charge in [0.1, 0.15) is 5.54 Å². The van der Waals surface area contributed by atoms with Crippen molar-refractivity contribution < 1.29 is 14.7 Å². The first-order valence-electron chi connectivity index (χ1n) is 5.10. The van der Waals surface area contributed by atoms with E-state index in [0.717, 1.165) is 6.42 Å². The molecule has 0 saturated carbocycles. The predicted molar refractivity (Wildman–Crippen MR) is 57.6 cm³/mol. The fourth-order valence-electron chi connectivity index (χ4n) is 1.50. The van der Waals surface area contributed by atoms with Gasteiger partial charge in [-0.05, 0) is 20.3 Å². The van der Waals surface area contributed by atoms with E-state index in [-0.39, 0.29) is 5.91 Å². The van der Waals surface area contributed by atoms with Gasteiger partial charge in [0.2, 0.25) is 5.91 Å². The van der Waals surface area contributed by atoms with E-state index in [1.165, 1.54) is 7.05 Å². The molecule has 0 bridgehead atoms. The molecule has 0 saturated heterocycles. The van der Waals surface area contributed by atoms with E-state index in [4.69, 9.17) is 5.11 Å². The first-order chi connectivity index (χ1) is 6.87. The number of aliphatic carboxylic acids is 1. The lowest BCUT2D eigenvalue weighted by Gasteiger charge is -2.28. The van der Waals surface area contributed by atoms with Gasteiger partial charge in [0, 0.05) is 7.05 Å². The minimum absolute atomic E-state index is 0.210. The molecule has 2 unspecified atom stereocenters. The molecule has 3 N–H and O–H groups in total. The molecule has 0 spiro atoms. The van der Waals surface area contributed by atoms with Gasteiger partial charge in [-0.25, -0.2) is 0 Å². The van der Waals surface area contributed by atoms with Crippen molar-refractivity contribution in [3.63, 3.8) is 0 Å². The number of carbonyl (C=O) groups excluding carboxylic acids is 1. The molecule has 0 aliphatic carbocycles. The number of carboxylic acids is 1. The van der Waals surface area contributed by atoms with Gasteiger partial charge in [-0.3, -0.25) is 14.9 Å². The third kappa shape index (κ3) is 3.87. The molecule has 88 valence electrons. The maximum atomic E-state index is 11.2. The summed E-state index contributed by atoms with van der Waals surface area (Å²) in [5, 5.41) is 14.4. The molecule has 0 aliphatic heterocycles. The Morgan fingerprint density at radius 3 is 2.33 bits per heavy atom. The Morgan fingerprint density at radius 2 is 2.00 bits per heavy atom. The van der Waals surface area contributed by atoms with Gasteiger partial charge in [0.15, 0.2) is 0 Å². The molecular weight excluding hydrogens is 196 g/mol. The maximum absolute atomic E-state index is 11.2. The summed E-state index contributed by atoms with van der Waals surface area (Å²) in [5.41, 5.74) is -1.04. The number of hydrogen-bond acceptors (Lipinski definition) is 3. The summed E-state index contributed by atoms with van der Waals surface area (Å²) in [6.07, 6.45) is 1.24. The van der Waals surface area contributed by atoms with Crippen molar-refractivity contribution in [3.05, 3.63) is 0 Å². The van der Waals surface area contributed by atoms with Crippen molar-refractivity contribution in [2.45, 2.75) is 45.2 Å². The van der Waals surface area contributed by atoms with E-state index >= 15 is 0 Å². The minimum Gasteiger partial charge on any atom is -0.480 e. The third-order valence-corrected chi connectivity index (χ3v) is 2.40. The molecule has 0 rings (SSSR count). The summed E-state index contributed by atoms with van der Waals surface area (Å²) >= 11 is 0. The van der Waals surface area contributed by atoms with Gasteiger partial charge in [-0.15, -0.1) is 0 Å². The van der Waals surface area contributed by atoms with E-state index in [2.05, 4.69) is 10.6 Å². The van der Waals surface area contributed by atoms with Crippen molar-refractivity contribution >= 4 is 11.9 Å². The van der Waals surface area contributed by atoms with Crippen molar-refractivity contribution in [1.82, 2.24) is 10.6 Å². The average molecular weight is 216 g/mol. The van der Waals surface area contributed by atoms with Gasteiger partial charge >= 0.3 is 5.97 Å². The summed E-state index contributed by atoms with van der Waals surface area (Å²) in [4.78, 5) is 22.3. The summed E-state index contributed by atoms with van der Waals surface area (Å²) in [6.45, 7) is 5.15. The van der Waals surface area contributed by atoms with Crippen LogP contribution in [0.25, 0.3) is 0 Å². The Morgan fingerprint density at radius 1 is 1.47 bits per heavy atom. The van der Waals surface area contributed by atoms with Gasteiger partial charge in [0.25, 0.3) is 0 Å². The minimum atomic E-state index is -1.04. The molecular formula is C10H20N2O3. The van der Waals surface area contributed by atoms with Crippen LogP contribution in [-0.2, 0) is 9.59 Å². The predicted octanol–water partition coefficient (Wildman–Crippen LogP) is 0.354. The summed E-state index contributed by atoms with van der Waals surface area (Å²) in [7, 11) is 1.53. The second-order valence-corrected chi connectivity index (χ2v) is 3.87. The van der Waals surface area contributed by atoms with Gasteiger partial charge < -0.3 is 10.4 Å². The second kappa shape index (κ2) is 5.70. The Hall–Kier alpha value is -1.10. The molecule has 0 radical (unpaired) electrons. The standard InChI is InChI=1S/C10H20N2O3/c1-5-6-10(3,9(14)15)12-7(2)8(13)11-4/h7,12H,5-6H2,1-4H3,(H,11,13)(H,14,15). The maximum Gasteiger partial charge on any atom is 0.323 e. The lowest BCUT2D eigenvalue weighted by molar-refractivity contribution is -0.145. The van der Waals surface area contributed by atoms with E-state index in [1.54, 1.807) is 13.8 Å². The van der Waals surface area contributed by atoms with Crippen LogP contribution in [0, 0.1) is 0 Å². The fraction of sp³-hybridized carbons (Fsp3) is 0.800. The molecule has 0 aromatic heterocycles. The number of nitrogens with one attached hydrogen (secondary N) is 2. The van der Waals surface area contributed by atoms with Gasteiger partial charge in [0.05, 0.1) is 6.04 Å². The molecule has 0 aliphatic rings. The third-order valence-electron chi connectivity index (χ3n) is 2.40. The smallest absolute Gasteiger partial charge is 0.323 e. The number of hydrogen-bond donors (Lipinski definition) is 3. The highest BCUT2D eigenvalue weighted by molar-refractivity contribution is 5.83. The van der Waals surface area contributed by atoms with E-state index in [1.807, 2.05) is 6.92 Å². The Labute approximate surface area is 90.2 Å². The van der Waals surface area contributed by atoms with E-state index < -0.39 is 17.6 Å². The van der Waals surface area contributed by atoms with Crippen molar-refractivity contribution in [3.8, 4) is 0 Å². The number of carbonyl (C=O) groups is 2. The summed E-state index contributed by atoms with van der Waals surface area (Å²) in [6, 6.07) is -0.511. The molecule has 1 amide bonds. The topological polar surface area (TPSA) is 78.4 Å². The average Bonchev–Trinajstić information content (AvgIpc) is 2.16. The largest absolute Gasteiger partial charge is 0.480 e. The summed E-state index contributed by atoms with van der Waals surface area (Å²) in [5.74, 6) is -1.14. The number of amides is 1. The highest BCUT2D eigenvalue weighted by Gasteiger charge is 2.34. The van der Waals surface area contributed by atoms with Crippen molar-refractivity contribution in [1.29, 1.82) is 0 Å². The van der Waals surface area contributed by atoms with Crippen LogP contribution in [0.3, 0.4) is 0 Å². The Balaban J connectivity index is 4.54. The zero-order chi connectivity index (χ0) is 12.1. The van der Waals surface area contributed by atoms with Crippen LogP contribution in [0.2, 0.25) is 0 Å². The zero-order valence-electron chi connectivity index (χ0n) is 9.76. The number of carboxylic acid groups (broad SMARTS) is 1. The highest BCUT2D eigenvalue weighted by Crippen LogP contribution is 2.13. The van der Waals surface area contributed by atoms with Crippen LogP contribution in [0.5, 0.6) is 0 Å². The van der Waals surface area contributed by atoms with E-state index in [9.17, 15) is 9.59 Å². The number of rotatable bonds is 6. The Bertz CT molecular complexity index is 243. The van der Waals surface area contributed by atoms with Gasteiger partial charge in [-0.2, -0.15) is 0 Å². The number of likely N-dealkylation sites (N-methyl/N-ethyl adjacent to an activating group) is 1. The first kappa shape index (κ1) is 13.9. The van der Waals surface area contributed by atoms with Crippen LogP contribution in [0.1, 0.15) is 33.6 Å². The lowest BCUT2D eigenvalue weighted by atomic mass is 9.95. The molecule has 0 fully saturated rings. The van der Waals surface area contributed by atoms with Gasteiger partial charge in [-0.1, -0.05) is 13.3 Å². The molecule has 0 heterocycles. The van der Waals surface area contributed by atoms with Crippen LogP contribution in [0.15, 0.2) is 0 Å². The molecule has 5 nitrogen and oxygen atoms in total. The normalized spacial score (nSPS) is 16.5. The lowest BCUT2D eigenvalue weighted by Crippen LogP contribution is -2.56. The molecule has 5 heteroatoms. The van der Waals surface area contributed by atoms with Crippen molar-refractivity contribution in [2.75, 3.05) is 7.05 Å². The summed E-state index contributed by atoms with van der Waals surface area (Å²) < 4.78 is 0. The van der Waals surface area contributed by atoms with Crippen molar-refractivity contribution in [2.24, 2.45) is 0 Å². The molecule has 0 aromatic rings. The van der Waals surface area contributed by atoms with E-state index in [0.29, 0.717) is 6.42 Å². The highest BCUT2D eigenvalue weighted by atomic mass is 16.4. The first-order valence-corrected chi connectivity index (χ1v) is 5.10. The van der Waals surface area contributed by atoms with Crippen LogP contribution >= 0.6 is 0 Å². The van der Waals surface area contributed by atoms with Crippen LogP contribution < -0.4 is 10.6 Å². The SMILES string of the molecule is CCCC(C)(NC(C)C(=O)NC)C(=O)O. The molecule has 2 atom stereocenters. The fourth-order valence-corrected chi connectivity index (χ4v) is 1.50. The zero-order valence-corrected chi connectivity index (χ0v) is 9.76. The quantitative estimate of drug-likeness (QED) is 0.599. The monoisotopic (exact) mass is 216 g/mol. The molecule has 15 heavy (non-hydrogen) atoms. The molecule has 0 aromatic carbocycles. The van der Waals surface area contributed by atoms with Crippen LogP contribution in [-0.4, -0.2) is 35.6 Å². The van der Waals surface area contributed by atoms with Crippen LogP contribution in [0.4, 0.5) is 0 Å².